The van der Waals surface area contributed by atoms with Crippen molar-refractivity contribution >= 4 is 45.6 Å². The Hall–Kier alpha value is -2.41. The maximum absolute atomic E-state index is 12.6. The molecule has 0 aliphatic rings. The summed E-state index contributed by atoms with van der Waals surface area (Å²) >= 11 is 13.2. The van der Waals surface area contributed by atoms with Gasteiger partial charge in [-0.05, 0) is 48.0 Å². The van der Waals surface area contributed by atoms with E-state index in [4.69, 9.17) is 27.9 Å². The van der Waals surface area contributed by atoms with Crippen LogP contribution in [-0.2, 0) is 0 Å². The van der Waals surface area contributed by atoms with E-state index in [-0.39, 0.29) is 5.56 Å². The lowest BCUT2D eigenvalue weighted by Crippen LogP contribution is -2.23. The molecule has 0 bridgehead atoms. The molecule has 4 rings (SSSR count). The van der Waals surface area contributed by atoms with Crippen LogP contribution in [0.2, 0.25) is 10.0 Å². The first-order valence-electron chi connectivity index (χ1n) is 7.56. The maximum atomic E-state index is 12.6. The third-order valence-electron chi connectivity index (χ3n) is 3.77. The Morgan fingerprint density at radius 2 is 1.88 bits per heavy atom. The summed E-state index contributed by atoms with van der Waals surface area (Å²) in [6.07, 6.45) is 1.75. The van der Waals surface area contributed by atoms with Crippen LogP contribution in [0.1, 0.15) is 5.56 Å². The molecular formula is C18H11Cl2N3O2S. The van der Waals surface area contributed by atoms with Crippen LogP contribution in [0.25, 0.3) is 22.4 Å². The zero-order valence-electron chi connectivity index (χ0n) is 13.4. The average molecular weight is 404 g/mol. The molecule has 2 aromatic heterocycles. The number of aromatic nitrogens is 3. The van der Waals surface area contributed by atoms with Gasteiger partial charge in [0.25, 0.3) is 5.56 Å². The molecule has 0 saturated carbocycles. The van der Waals surface area contributed by atoms with Crippen LogP contribution < -0.4 is 14.8 Å². The van der Waals surface area contributed by atoms with E-state index in [1.165, 1.54) is 15.9 Å². The van der Waals surface area contributed by atoms with E-state index < -0.39 is 0 Å². The number of hydrogen-bond acceptors (Lipinski definition) is 5. The molecular weight excluding hydrogens is 393 g/mol. The first-order valence-corrected chi connectivity index (χ1v) is 9.13. The summed E-state index contributed by atoms with van der Waals surface area (Å²) in [5.41, 5.74) is 1.39. The summed E-state index contributed by atoms with van der Waals surface area (Å²) in [4.78, 5) is 17.6. The number of nitrogens with zero attached hydrogens (tertiary/aromatic N) is 3. The minimum absolute atomic E-state index is 0.219. The van der Waals surface area contributed by atoms with Gasteiger partial charge in [-0.1, -0.05) is 40.6 Å². The first kappa shape index (κ1) is 17.0. The molecule has 2 heterocycles. The van der Waals surface area contributed by atoms with E-state index in [0.29, 0.717) is 25.4 Å². The third-order valence-corrected chi connectivity index (χ3v) is 5.47. The number of rotatable bonds is 3. The maximum Gasteiger partial charge on any atom is 0.291 e. The summed E-state index contributed by atoms with van der Waals surface area (Å²) in [6.45, 7) is 0. The zero-order valence-corrected chi connectivity index (χ0v) is 15.8. The Morgan fingerprint density at radius 3 is 2.54 bits per heavy atom. The predicted octanol–water partition coefficient (Wildman–Crippen LogP) is 3.68. The van der Waals surface area contributed by atoms with Crippen LogP contribution in [0.5, 0.6) is 5.75 Å². The van der Waals surface area contributed by atoms with Crippen molar-refractivity contribution in [1.29, 1.82) is 0 Å². The molecule has 5 nitrogen and oxygen atoms in total. The van der Waals surface area contributed by atoms with E-state index in [1.54, 1.807) is 31.4 Å². The Kier molecular flexibility index (Phi) is 4.40. The Morgan fingerprint density at radius 1 is 1.12 bits per heavy atom. The average Bonchev–Trinajstić information content (AvgIpc) is 3.18. The molecule has 0 amide bonds. The molecule has 2 aromatic carbocycles. The minimum atomic E-state index is -0.219. The highest BCUT2D eigenvalue weighted by Crippen LogP contribution is 2.23. The molecule has 0 aliphatic heterocycles. The normalized spacial score (nSPS) is 12.0. The smallest absolute Gasteiger partial charge is 0.291 e. The number of methoxy groups -OCH3 is 1. The molecule has 0 N–H and O–H groups in total. The highest BCUT2D eigenvalue weighted by Gasteiger charge is 2.12. The van der Waals surface area contributed by atoms with Gasteiger partial charge in [-0.2, -0.15) is 9.50 Å². The van der Waals surface area contributed by atoms with Gasteiger partial charge in [0, 0.05) is 5.56 Å². The van der Waals surface area contributed by atoms with Crippen molar-refractivity contribution in [2.45, 2.75) is 0 Å². The molecule has 0 radical (unpaired) electrons. The van der Waals surface area contributed by atoms with Crippen LogP contribution in [0.4, 0.5) is 0 Å². The molecule has 8 heteroatoms. The fourth-order valence-corrected chi connectivity index (χ4v) is 3.66. The summed E-state index contributed by atoms with van der Waals surface area (Å²) in [7, 11) is 1.61. The van der Waals surface area contributed by atoms with Crippen LogP contribution >= 0.6 is 34.5 Å². The SMILES string of the molecule is COc1ccc(-c2nc3sc(=Cc4ccc(Cl)c(Cl)c4)c(=O)n3n2)cc1. The van der Waals surface area contributed by atoms with Crippen molar-refractivity contribution in [2.24, 2.45) is 0 Å². The largest absolute Gasteiger partial charge is 0.497 e. The molecule has 0 atom stereocenters. The summed E-state index contributed by atoms with van der Waals surface area (Å²) in [5.74, 6) is 1.25. The van der Waals surface area contributed by atoms with Gasteiger partial charge < -0.3 is 4.74 Å². The second kappa shape index (κ2) is 6.72. The Labute approximate surface area is 162 Å². The van der Waals surface area contributed by atoms with Crippen molar-refractivity contribution in [3.05, 3.63) is 73.0 Å². The number of ether oxygens (including phenoxy) is 1. The topological polar surface area (TPSA) is 56.5 Å². The summed E-state index contributed by atoms with van der Waals surface area (Å²) in [5, 5.41) is 5.24. The molecule has 0 aliphatic carbocycles. The van der Waals surface area contributed by atoms with E-state index in [2.05, 4.69) is 10.1 Å². The molecule has 0 spiro atoms. The number of benzene rings is 2. The highest BCUT2D eigenvalue weighted by atomic mass is 35.5. The minimum Gasteiger partial charge on any atom is -0.497 e. The van der Waals surface area contributed by atoms with E-state index >= 15 is 0 Å². The molecule has 26 heavy (non-hydrogen) atoms. The van der Waals surface area contributed by atoms with Crippen molar-refractivity contribution in [3.63, 3.8) is 0 Å². The monoisotopic (exact) mass is 403 g/mol. The first-order chi connectivity index (χ1) is 12.5. The number of halogens is 2. The number of fused-ring (bicyclic) bond motifs is 1. The Balaban J connectivity index is 1.76. The van der Waals surface area contributed by atoms with Gasteiger partial charge in [0.2, 0.25) is 4.96 Å². The van der Waals surface area contributed by atoms with Crippen molar-refractivity contribution < 1.29 is 4.74 Å². The molecule has 130 valence electrons. The number of thiazole rings is 1. The molecule has 0 fully saturated rings. The lowest BCUT2D eigenvalue weighted by molar-refractivity contribution is 0.415. The Bertz CT molecular complexity index is 1220. The van der Waals surface area contributed by atoms with Crippen molar-refractivity contribution in [1.82, 2.24) is 14.6 Å². The lowest BCUT2D eigenvalue weighted by atomic mass is 10.2. The van der Waals surface area contributed by atoms with E-state index in [1.807, 2.05) is 24.3 Å². The summed E-state index contributed by atoms with van der Waals surface area (Å²) in [6, 6.07) is 12.6. The fourth-order valence-electron chi connectivity index (χ4n) is 2.45. The molecule has 0 unspecified atom stereocenters. The van der Waals surface area contributed by atoms with Gasteiger partial charge in [0.15, 0.2) is 5.82 Å². The second-order valence-corrected chi connectivity index (χ2v) is 7.27. The van der Waals surface area contributed by atoms with Gasteiger partial charge in [-0.3, -0.25) is 4.79 Å². The van der Waals surface area contributed by atoms with Gasteiger partial charge >= 0.3 is 0 Å². The zero-order chi connectivity index (χ0) is 18.3. The third kappa shape index (κ3) is 3.07. The standard InChI is InChI=1S/C18H11Cl2N3O2S/c1-25-12-5-3-11(4-6-12)16-21-18-23(22-16)17(24)15(26-18)9-10-2-7-13(19)14(20)8-10/h2-9H,1H3. The van der Waals surface area contributed by atoms with Gasteiger partial charge in [-0.25, -0.2) is 0 Å². The summed E-state index contributed by atoms with van der Waals surface area (Å²) < 4.78 is 6.98. The predicted molar refractivity (Wildman–Crippen MR) is 104 cm³/mol. The van der Waals surface area contributed by atoms with Crippen LogP contribution in [0.15, 0.2) is 47.3 Å². The lowest BCUT2D eigenvalue weighted by Gasteiger charge is -1.99. The van der Waals surface area contributed by atoms with Crippen molar-refractivity contribution in [2.75, 3.05) is 7.11 Å². The van der Waals surface area contributed by atoms with Crippen LogP contribution in [-0.4, -0.2) is 21.7 Å². The van der Waals surface area contributed by atoms with Gasteiger partial charge in [0.05, 0.1) is 21.7 Å². The number of hydrogen-bond donors (Lipinski definition) is 0. The molecule has 0 saturated heterocycles. The van der Waals surface area contributed by atoms with E-state index in [0.717, 1.165) is 16.9 Å². The van der Waals surface area contributed by atoms with Crippen LogP contribution in [0.3, 0.4) is 0 Å². The highest BCUT2D eigenvalue weighted by molar-refractivity contribution is 7.15. The van der Waals surface area contributed by atoms with E-state index in [9.17, 15) is 4.79 Å². The fraction of sp³-hybridized carbons (Fsp3) is 0.0556. The van der Waals surface area contributed by atoms with Gasteiger partial charge in [0.1, 0.15) is 5.75 Å². The quantitative estimate of drug-likeness (QED) is 0.523. The van der Waals surface area contributed by atoms with Crippen LogP contribution in [0, 0.1) is 0 Å². The van der Waals surface area contributed by atoms with Crippen molar-refractivity contribution in [3.8, 4) is 17.1 Å². The van der Waals surface area contributed by atoms with Gasteiger partial charge in [-0.15, -0.1) is 5.10 Å². The molecule has 4 aromatic rings. The second-order valence-electron chi connectivity index (χ2n) is 5.45.